The van der Waals surface area contributed by atoms with Gasteiger partial charge in [-0.25, -0.2) is 8.42 Å². The van der Waals surface area contributed by atoms with Crippen molar-refractivity contribution in [3.05, 3.63) is 24.3 Å². The predicted molar refractivity (Wildman–Crippen MR) is 68.7 cm³/mol. The minimum atomic E-state index is -3.03. The molecule has 0 aliphatic rings. The van der Waals surface area contributed by atoms with Crippen LogP contribution in [0.4, 0.5) is 11.4 Å². The summed E-state index contributed by atoms with van der Waals surface area (Å²) in [5.74, 6) is 0.256. The summed E-state index contributed by atoms with van der Waals surface area (Å²) in [5, 5.41) is 3.01. The second-order valence-corrected chi connectivity index (χ2v) is 6.07. The van der Waals surface area contributed by atoms with E-state index in [1.165, 1.54) is 0 Å². The van der Waals surface area contributed by atoms with Crippen LogP contribution in [0.15, 0.2) is 24.3 Å². The predicted octanol–water partition coefficient (Wildman–Crippen LogP) is 1.33. The first-order chi connectivity index (χ1) is 7.53. The highest BCUT2D eigenvalue weighted by atomic mass is 35.5. The maximum absolute atomic E-state index is 11.3. The van der Waals surface area contributed by atoms with Gasteiger partial charge in [0.1, 0.15) is 0 Å². The molecule has 0 fully saturated rings. The second-order valence-electron chi connectivity index (χ2n) is 3.39. The average Bonchev–Trinajstić information content (AvgIpc) is 2.20. The maximum atomic E-state index is 11.3. The van der Waals surface area contributed by atoms with Gasteiger partial charge in [-0.2, -0.15) is 0 Å². The maximum Gasteiger partial charge on any atom is 0.153 e. The van der Waals surface area contributed by atoms with Crippen molar-refractivity contribution < 1.29 is 8.42 Å². The Kier molecular flexibility index (Phi) is 4.89. The van der Waals surface area contributed by atoms with Gasteiger partial charge >= 0.3 is 0 Å². The normalized spacial score (nSPS) is 11.3. The van der Waals surface area contributed by atoms with E-state index in [0.29, 0.717) is 12.2 Å². The van der Waals surface area contributed by atoms with Crippen molar-refractivity contribution in [1.29, 1.82) is 0 Å². The molecule has 0 radical (unpaired) electrons. The second kappa shape index (κ2) is 5.96. The van der Waals surface area contributed by atoms with Crippen LogP contribution in [-0.4, -0.2) is 32.3 Å². The van der Waals surface area contributed by atoms with Crippen molar-refractivity contribution in [2.24, 2.45) is 0 Å². The molecule has 0 saturated carbocycles. The lowest BCUT2D eigenvalue weighted by Crippen LogP contribution is -2.19. The van der Waals surface area contributed by atoms with Crippen molar-refractivity contribution in [1.82, 2.24) is 0 Å². The topological polar surface area (TPSA) is 72.2 Å². The van der Waals surface area contributed by atoms with Crippen molar-refractivity contribution in [2.45, 2.75) is 0 Å². The fourth-order valence-electron chi connectivity index (χ4n) is 1.17. The van der Waals surface area contributed by atoms with Gasteiger partial charge in [0.05, 0.1) is 11.5 Å². The van der Waals surface area contributed by atoms with E-state index in [4.69, 9.17) is 17.3 Å². The summed E-state index contributed by atoms with van der Waals surface area (Å²) >= 11 is 5.39. The average molecular weight is 263 g/mol. The Hall–Kier alpha value is -0.940. The molecule has 1 rings (SSSR count). The molecule has 0 spiro atoms. The standard InChI is InChI=1S/C10H15ClN2O2S/c11-5-7-16(14,15)8-6-13-10-3-1-9(12)2-4-10/h1-4,13H,5-8,12H2. The number of benzene rings is 1. The Morgan fingerprint density at radius 1 is 1.19 bits per heavy atom. The minimum Gasteiger partial charge on any atom is -0.399 e. The lowest BCUT2D eigenvalue weighted by Gasteiger charge is -2.06. The molecule has 3 N–H and O–H groups in total. The molecule has 90 valence electrons. The number of sulfone groups is 1. The fourth-order valence-corrected chi connectivity index (χ4v) is 2.73. The number of rotatable bonds is 6. The number of alkyl halides is 1. The molecule has 0 bridgehead atoms. The molecule has 4 nitrogen and oxygen atoms in total. The minimum absolute atomic E-state index is 0.0258. The molecule has 0 saturated heterocycles. The summed E-state index contributed by atoms with van der Waals surface area (Å²) in [4.78, 5) is 0. The van der Waals surface area contributed by atoms with Crippen LogP contribution in [0, 0.1) is 0 Å². The molecule has 0 aromatic heterocycles. The van der Waals surface area contributed by atoms with Crippen molar-refractivity contribution in [3.63, 3.8) is 0 Å². The third-order valence-corrected chi connectivity index (χ3v) is 4.11. The van der Waals surface area contributed by atoms with Gasteiger partial charge in [-0.1, -0.05) is 0 Å². The molecule has 0 heterocycles. The molecule has 0 amide bonds. The Morgan fingerprint density at radius 2 is 1.81 bits per heavy atom. The van der Waals surface area contributed by atoms with Crippen LogP contribution in [0.25, 0.3) is 0 Å². The van der Waals surface area contributed by atoms with E-state index in [0.717, 1.165) is 5.69 Å². The first-order valence-corrected chi connectivity index (χ1v) is 7.25. The van der Waals surface area contributed by atoms with Crippen LogP contribution in [0.3, 0.4) is 0 Å². The van der Waals surface area contributed by atoms with Gasteiger partial charge in [-0.3, -0.25) is 0 Å². The molecule has 6 heteroatoms. The van der Waals surface area contributed by atoms with Gasteiger partial charge < -0.3 is 11.1 Å². The summed E-state index contributed by atoms with van der Waals surface area (Å²) < 4.78 is 22.7. The molecule has 1 aromatic rings. The number of hydrogen-bond donors (Lipinski definition) is 2. The number of halogens is 1. The molecule has 0 aliphatic carbocycles. The number of anilines is 2. The SMILES string of the molecule is Nc1ccc(NCCS(=O)(=O)CCCl)cc1. The molecule has 0 aliphatic heterocycles. The Morgan fingerprint density at radius 3 is 2.38 bits per heavy atom. The number of nitrogens with one attached hydrogen (secondary N) is 1. The van der Waals surface area contributed by atoms with Crippen molar-refractivity contribution >= 4 is 32.8 Å². The first-order valence-electron chi connectivity index (χ1n) is 4.89. The summed E-state index contributed by atoms with van der Waals surface area (Å²) in [7, 11) is -3.03. The van der Waals surface area contributed by atoms with Crippen LogP contribution in [0.2, 0.25) is 0 Å². The zero-order chi connectivity index (χ0) is 12.0. The molecular formula is C10H15ClN2O2S. The van der Waals surface area contributed by atoms with E-state index in [-0.39, 0.29) is 17.4 Å². The third-order valence-electron chi connectivity index (χ3n) is 2.04. The Bertz CT molecular complexity index is 417. The van der Waals surface area contributed by atoms with E-state index >= 15 is 0 Å². The van der Waals surface area contributed by atoms with Crippen LogP contribution in [0.5, 0.6) is 0 Å². The van der Waals surface area contributed by atoms with E-state index in [1.54, 1.807) is 12.1 Å². The highest BCUT2D eigenvalue weighted by Gasteiger charge is 2.08. The van der Waals surface area contributed by atoms with Gasteiger partial charge in [0.25, 0.3) is 0 Å². The van der Waals surface area contributed by atoms with Gasteiger partial charge in [0.2, 0.25) is 0 Å². The number of nitrogen functional groups attached to an aromatic ring is 1. The highest BCUT2D eigenvalue weighted by molar-refractivity contribution is 7.91. The molecule has 0 unspecified atom stereocenters. The van der Waals surface area contributed by atoms with Gasteiger partial charge in [-0.15, -0.1) is 11.6 Å². The van der Waals surface area contributed by atoms with Crippen LogP contribution in [0.1, 0.15) is 0 Å². The fraction of sp³-hybridized carbons (Fsp3) is 0.400. The molecular weight excluding hydrogens is 248 g/mol. The van der Waals surface area contributed by atoms with Gasteiger partial charge in [0.15, 0.2) is 9.84 Å². The zero-order valence-electron chi connectivity index (χ0n) is 8.82. The molecule has 16 heavy (non-hydrogen) atoms. The summed E-state index contributed by atoms with van der Waals surface area (Å²) in [6.07, 6.45) is 0. The Labute approximate surface area is 101 Å². The smallest absolute Gasteiger partial charge is 0.153 e. The third kappa shape index (κ3) is 4.72. The zero-order valence-corrected chi connectivity index (χ0v) is 10.4. The van der Waals surface area contributed by atoms with Gasteiger partial charge in [0, 0.05) is 23.8 Å². The first kappa shape index (κ1) is 13.1. The quantitative estimate of drug-likeness (QED) is 0.599. The van der Waals surface area contributed by atoms with Crippen LogP contribution in [-0.2, 0) is 9.84 Å². The largest absolute Gasteiger partial charge is 0.399 e. The van der Waals surface area contributed by atoms with E-state index in [9.17, 15) is 8.42 Å². The molecule has 0 atom stereocenters. The van der Waals surface area contributed by atoms with Crippen LogP contribution < -0.4 is 11.1 Å². The summed E-state index contributed by atoms with van der Waals surface area (Å²) in [6, 6.07) is 7.14. The van der Waals surface area contributed by atoms with E-state index < -0.39 is 9.84 Å². The lowest BCUT2D eigenvalue weighted by atomic mass is 10.3. The van der Waals surface area contributed by atoms with Gasteiger partial charge in [-0.05, 0) is 24.3 Å². The lowest BCUT2D eigenvalue weighted by molar-refractivity contribution is 0.598. The summed E-state index contributed by atoms with van der Waals surface area (Å²) in [6.45, 7) is 0.378. The van der Waals surface area contributed by atoms with Crippen molar-refractivity contribution in [2.75, 3.05) is 35.0 Å². The Balaban J connectivity index is 2.39. The monoisotopic (exact) mass is 262 g/mol. The molecule has 1 aromatic carbocycles. The summed E-state index contributed by atoms with van der Waals surface area (Å²) in [5.41, 5.74) is 7.06. The number of hydrogen-bond acceptors (Lipinski definition) is 4. The highest BCUT2D eigenvalue weighted by Crippen LogP contribution is 2.09. The van der Waals surface area contributed by atoms with Crippen molar-refractivity contribution in [3.8, 4) is 0 Å². The number of nitrogens with two attached hydrogens (primary N) is 1. The van der Waals surface area contributed by atoms with E-state index in [1.807, 2.05) is 12.1 Å². The van der Waals surface area contributed by atoms with E-state index in [2.05, 4.69) is 5.32 Å². The van der Waals surface area contributed by atoms with Crippen LogP contribution >= 0.6 is 11.6 Å².